The lowest BCUT2D eigenvalue weighted by Gasteiger charge is -2.09. The van der Waals surface area contributed by atoms with Gasteiger partial charge in [-0.2, -0.15) is 0 Å². The summed E-state index contributed by atoms with van der Waals surface area (Å²) in [6, 6.07) is 13.6. The zero-order valence-electron chi connectivity index (χ0n) is 14.9. The van der Waals surface area contributed by atoms with Crippen LogP contribution in [0.4, 0.5) is 11.4 Å². The van der Waals surface area contributed by atoms with Crippen molar-refractivity contribution in [3.63, 3.8) is 0 Å². The lowest BCUT2D eigenvalue weighted by Crippen LogP contribution is -2.13. The Labute approximate surface area is 184 Å². The Morgan fingerprint density at radius 3 is 2.53 bits per heavy atom. The van der Waals surface area contributed by atoms with E-state index in [0.717, 1.165) is 6.07 Å². The highest BCUT2D eigenvalue weighted by Gasteiger charge is 2.17. The molecule has 10 heteroatoms. The molecule has 0 atom stereocenters. The van der Waals surface area contributed by atoms with E-state index in [1.807, 2.05) is 0 Å². The number of nitrogens with zero attached hydrogens (tertiary/aromatic N) is 2. The molecule has 1 amide bonds. The third kappa shape index (κ3) is 3.95. The van der Waals surface area contributed by atoms with E-state index >= 15 is 0 Å². The highest BCUT2D eigenvalue weighted by molar-refractivity contribution is 6.36. The zero-order chi connectivity index (χ0) is 21.4. The molecule has 150 valence electrons. The molecule has 1 N–H and O–H groups in total. The minimum atomic E-state index is -0.596. The van der Waals surface area contributed by atoms with Crippen molar-refractivity contribution in [2.75, 3.05) is 5.32 Å². The smallest absolute Gasteiger partial charge is 0.270 e. The first-order valence-electron chi connectivity index (χ1n) is 8.43. The molecule has 3 aromatic carbocycles. The molecule has 4 rings (SSSR count). The van der Waals surface area contributed by atoms with Crippen LogP contribution in [0.2, 0.25) is 15.1 Å². The number of halogens is 3. The van der Waals surface area contributed by atoms with Crippen LogP contribution in [-0.4, -0.2) is 15.8 Å². The summed E-state index contributed by atoms with van der Waals surface area (Å²) < 4.78 is 5.74. The summed E-state index contributed by atoms with van der Waals surface area (Å²) in [5.74, 6) is -0.244. The predicted octanol–water partition coefficient (Wildman–Crippen LogP) is 6.62. The van der Waals surface area contributed by atoms with Gasteiger partial charge in [-0.3, -0.25) is 14.9 Å². The molecule has 0 aliphatic rings. The van der Waals surface area contributed by atoms with Gasteiger partial charge in [0.25, 0.3) is 11.6 Å². The van der Waals surface area contributed by atoms with Gasteiger partial charge in [-0.25, -0.2) is 4.98 Å². The van der Waals surface area contributed by atoms with Gasteiger partial charge in [0, 0.05) is 22.7 Å². The van der Waals surface area contributed by atoms with Crippen molar-refractivity contribution in [3.8, 4) is 11.5 Å². The van der Waals surface area contributed by atoms with Gasteiger partial charge < -0.3 is 9.73 Å². The molecule has 1 heterocycles. The number of hydrogen-bond acceptors (Lipinski definition) is 5. The van der Waals surface area contributed by atoms with Crippen molar-refractivity contribution in [2.45, 2.75) is 0 Å². The van der Waals surface area contributed by atoms with Crippen molar-refractivity contribution in [3.05, 3.63) is 85.3 Å². The van der Waals surface area contributed by atoms with Crippen LogP contribution in [0.15, 0.2) is 59.0 Å². The molecule has 7 nitrogen and oxygen atoms in total. The van der Waals surface area contributed by atoms with Crippen LogP contribution in [0.3, 0.4) is 0 Å². The van der Waals surface area contributed by atoms with Gasteiger partial charge in [-0.05, 0) is 42.5 Å². The fraction of sp³-hybridized carbons (Fsp3) is 0. The fourth-order valence-corrected chi connectivity index (χ4v) is 3.36. The summed E-state index contributed by atoms with van der Waals surface area (Å²) in [5, 5.41) is 14.2. The van der Waals surface area contributed by atoms with Crippen molar-refractivity contribution >= 4 is 63.2 Å². The molecule has 0 bridgehead atoms. The van der Waals surface area contributed by atoms with Gasteiger partial charge in [0.1, 0.15) is 5.52 Å². The van der Waals surface area contributed by atoms with E-state index in [2.05, 4.69) is 10.3 Å². The summed E-state index contributed by atoms with van der Waals surface area (Å²) in [6.07, 6.45) is 0. The topological polar surface area (TPSA) is 98.3 Å². The van der Waals surface area contributed by atoms with Crippen LogP contribution < -0.4 is 5.32 Å². The number of nitro groups is 1. The minimum absolute atomic E-state index is 0.0511. The Morgan fingerprint density at radius 1 is 1.00 bits per heavy atom. The second kappa shape index (κ2) is 7.95. The van der Waals surface area contributed by atoms with E-state index in [-0.39, 0.29) is 21.3 Å². The lowest BCUT2D eigenvalue weighted by molar-refractivity contribution is -0.384. The van der Waals surface area contributed by atoms with E-state index in [1.165, 1.54) is 12.1 Å². The average molecular weight is 463 g/mol. The van der Waals surface area contributed by atoms with E-state index in [4.69, 9.17) is 39.2 Å². The van der Waals surface area contributed by atoms with Gasteiger partial charge >= 0.3 is 0 Å². The van der Waals surface area contributed by atoms with Gasteiger partial charge in [-0.15, -0.1) is 0 Å². The summed E-state index contributed by atoms with van der Waals surface area (Å²) in [6.45, 7) is 0. The highest BCUT2D eigenvalue weighted by Crippen LogP contribution is 2.32. The number of nitro benzene ring substituents is 1. The Balaban J connectivity index is 1.65. The number of rotatable bonds is 4. The SMILES string of the molecule is O=C(Nc1cc(-c2nc3cc(Cl)ccc3o2)ccc1Cl)c1ccc([N+](=O)[O-])cc1Cl. The molecule has 1 aromatic heterocycles. The van der Waals surface area contributed by atoms with E-state index in [9.17, 15) is 14.9 Å². The van der Waals surface area contributed by atoms with Gasteiger partial charge in [0.05, 0.1) is 26.2 Å². The number of benzene rings is 3. The van der Waals surface area contributed by atoms with Crippen LogP contribution in [0, 0.1) is 10.1 Å². The Kier molecular flexibility index (Phi) is 5.34. The number of hydrogen-bond donors (Lipinski definition) is 1. The first-order chi connectivity index (χ1) is 14.3. The maximum Gasteiger partial charge on any atom is 0.270 e. The van der Waals surface area contributed by atoms with Crippen LogP contribution in [0.25, 0.3) is 22.6 Å². The van der Waals surface area contributed by atoms with Gasteiger partial charge in [0.15, 0.2) is 5.58 Å². The van der Waals surface area contributed by atoms with Gasteiger partial charge in [0.2, 0.25) is 5.89 Å². The quantitative estimate of drug-likeness (QED) is 0.271. The van der Waals surface area contributed by atoms with Crippen molar-refractivity contribution in [1.29, 1.82) is 0 Å². The predicted molar refractivity (Wildman–Crippen MR) is 116 cm³/mol. The number of oxazole rings is 1. The monoisotopic (exact) mass is 461 g/mol. The Hall–Kier alpha value is -3.13. The van der Waals surface area contributed by atoms with E-state index in [1.54, 1.807) is 36.4 Å². The molecule has 0 radical (unpaired) electrons. The number of carbonyl (C=O) groups excluding carboxylic acids is 1. The van der Waals surface area contributed by atoms with E-state index < -0.39 is 10.8 Å². The number of anilines is 1. The molecule has 0 saturated carbocycles. The number of nitrogens with one attached hydrogen (secondary N) is 1. The normalized spacial score (nSPS) is 10.9. The molecule has 0 unspecified atom stereocenters. The molecule has 0 fully saturated rings. The lowest BCUT2D eigenvalue weighted by atomic mass is 10.1. The largest absolute Gasteiger partial charge is 0.436 e. The highest BCUT2D eigenvalue weighted by atomic mass is 35.5. The molecular formula is C20H10Cl3N3O4. The Bertz CT molecular complexity index is 1320. The van der Waals surface area contributed by atoms with Crippen molar-refractivity contribution in [2.24, 2.45) is 0 Å². The first-order valence-corrected chi connectivity index (χ1v) is 9.56. The maximum atomic E-state index is 12.6. The van der Waals surface area contributed by atoms with Crippen LogP contribution >= 0.6 is 34.8 Å². The molecule has 30 heavy (non-hydrogen) atoms. The second-order valence-corrected chi connectivity index (χ2v) is 7.45. The van der Waals surface area contributed by atoms with Crippen molar-refractivity contribution in [1.82, 2.24) is 4.98 Å². The maximum absolute atomic E-state index is 12.6. The average Bonchev–Trinajstić information content (AvgIpc) is 3.12. The van der Waals surface area contributed by atoms with Crippen LogP contribution in [0.5, 0.6) is 0 Å². The second-order valence-electron chi connectivity index (χ2n) is 6.20. The molecule has 0 saturated heterocycles. The zero-order valence-corrected chi connectivity index (χ0v) is 17.1. The van der Waals surface area contributed by atoms with E-state index in [0.29, 0.717) is 33.3 Å². The third-order valence-corrected chi connectivity index (χ3v) is 5.10. The van der Waals surface area contributed by atoms with Crippen LogP contribution in [0.1, 0.15) is 10.4 Å². The third-order valence-electron chi connectivity index (χ3n) is 4.22. The summed E-state index contributed by atoms with van der Waals surface area (Å²) in [4.78, 5) is 27.3. The molecule has 0 aliphatic carbocycles. The fourth-order valence-electron chi connectivity index (χ4n) is 2.77. The molecule has 0 spiro atoms. The van der Waals surface area contributed by atoms with Crippen molar-refractivity contribution < 1.29 is 14.1 Å². The van der Waals surface area contributed by atoms with Gasteiger partial charge in [-0.1, -0.05) is 34.8 Å². The minimum Gasteiger partial charge on any atom is -0.436 e. The number of carbonyl (C=O) groups is 1. The number of amides is 1. The van der Waals surface area contributed by atoms with Crippen LogP contribution in [-0.2, 0) is 0 Å². The Morgan fingerprint density at radius 2 is 1.80 bits per heavy atom. The number of non-ortho nitro benzene ring substituents is 1. The molecule has 4 aromatic rings. The summed E-state index contributed by atoms with van der Waals surface area (Å²) >= 11 is 18.2. The summed E-state index contributed by atoms with van der Waals surface area (Å²) in [5.41, 5.74) is 1.89. The standard InChI is InChI=1S/C20H10Cl3N3O4/c21-11-2-6-18-17(8-11)25-20(30-18)10-1-5-14(22)16(7-10)24-19(27)13-4-3-12(26(28)29)9-15(13)23/h1-9H,(H,24,27). The molecule has 0 aliphatic heterocycles. The number of aromatic nitrogens is 1. The first kappa shape index (κ1) is 20.2. The summed E-state index contributed by atoms with van der Waals surface area (Å²) in [7, 11) is 0. The number of fused-ring (bicyclic) bond motifs is 1. The molecular weight excluding hydrogens is 453 g/mol.